The third-order valence-electron chi connectivity index (χ3n) is 4.18. The highest BCUT2D eigenvalue weighted by atomic mass is 16.5. The Balaban J connectivity index is 1.53. The van der Waals surface area contributed by atoms with Crippen LogP contribution in [0.4, 0.5) is 0 Å². The van der Waals surface area contributed by atoms with Gasteiger partial charge in [0.2, 0.25) is 5.91 Å². The second kappa shape index (κ2) is 7.39. The van der Waals surface area contributed by atoms with E-state index in [1.165, 1.54) is 12.4 Å². The fourth-order valence-corrected chi connectivity index (χ4v) is 2.79. The summed E-state index contributed by atoms with van der Waals surface area (Å²) in [6, 6.07) is 1.49. The molecule has 1 aliphatic heterocycles. The molecule has 0 aromatic carbocycles. The number of hydrogen-bond donors (Lipinski definition) is 1. The molecule has 3 heterocycles. The van der Waals surface area contributed by atoms with Gasteiger partial charge in [0.15, 0.2) is 0 Å². The van der Waals surface area contributed by atoms with E-state index in [1.54, 1.807) is 6.20 Å². The van der Waals surface area contributed by atoms with E-state index in [0.29, 0.717) is 32.7 Å². The highest BCUT2D eigenvalue weighted by molar-refractivity contribution is 5.76. The third kappa shape index (κ3) is 4.08. The molecule has 0 unspecified atom stereocenters. The Morgan fingerprint density at radius 1 is 1.46 bits per heavy atom. The van der Waals surface area contributed by atoms with Crippen molar-refractivity contribution < 1.29 is 9.53 Å². The Kier molecular flexibility index (Phi) is 5.05. The number of carbonyl (C=O) groups is 1. The van der Waals surface area contributed by atoms with Crippen LogP contribution in [0.1, 0.15) is 17.9 Å². The van der Waals surface area contributed by atoms with Gasteiger partial charge in [-0.15, -0.1) is 0 Å². The summed E-state index contributed by atoms with van der Waals surface area (Å²) in [5, 5.41) is 0. The fraction of sp³-hybridized carbons (Fsp3) is 0.500. The predicted octanol–water partition coefficient (Wildman–Crippen LogP) is 0.135. The van der Waals surface area contributed by atoms with Crippen LogP contribution in [0.5, 0.6) is 0 Å². The normalized spacial score (nSPS) is 17.9. The molecule has 1 atom stereocenters. The average Bonchev–Trinajstić information content (AvgIpc) is 2.98. The van der Waals surface area contributed by atoms with E-state index in [0.717, 1.165) is 17.9 Å². The lowest BCUT2D eigenvalue weighted by Crippen LogP contribution is -2.46. The van der Waals surface area contributed by atoms with Crippen molar-refractivity contribution in [3.63, 3.8) is 0 Å². The van der Waals surface area contributed by atoms with E-state index in [2.05, 4.69) is 15.0 Å². The van der Waals surface area contributed by atoms with Crippen molar-refractivity contribution in [2.45, 2.75) is 32.4 Å². The molecule has 0 radical (unpaired) electrons. The SMILES string of the molecule is Cc1nccn1CC(=O)N1CCO[C@H](CCc2cc(=O)[nH]cn2)C1. The van der Waals surface area contributed by atoms with Crippen molar-refractivity contribution >= 4 is 5.91 Å². The number of morpholine rings is 1. The van der Waals surface area contributed by atoms with Crippen LogP contribution >= 0.6 is 0 Å². The van der Waals surface area contributed by atoms with Gasteiger partial charge >= 0.3 is 0 Å². The summed E-state index contributed by atoms with van der Waals surface area (Å²) < 4.78 is 7.58. The monoisotopic (exact) mass is 331 g/mol. The van der Waals surface area contributed by atoms with Crippen LogP contribution in [0.25, 0.3) is 0 Å². The molecule has 0 saturated carbocycles. The van der Waals surface area contributed by atoms with E-state index in [9.17, 15) is 9.59 Å². The van der Waals surface area contributed by atoms with Crippen LogP contribution in [0, 0.1) is 6.92 Å². The van der Waals surface area contributed by atoms with E-state index >= 15 is 0 Å². The van der Waals surface area contributed by atoms with Crippen LogP contribution in [0.3, 0.4) is 0 Å². The van der Waals surface area contributed by atoms with Crippen LogP contribution in [0.15, 0.2) is 29.6 Å². The lowest BCUT2D eigenvalue weighted by Gasteiger charge is -2.33. The molecule has 0 spiro atoms. The number of imidazole rings is 1. The van der Waals surface area contributed by atoms with Crippen LogP contribution in [-0.2, 0) is 22.5 Å². The molecule has 1 fully saturated rings. The molecule has 0 bridgehead atoms. The summed E-state index contributed by atoms with van der Waals surface area (Å²) in [6.45, 7) is 3.88. The molecule has 2 aromatic rings. The average molecular weight is 331 g/mol. The zero-order valence-electron chi connectivity index (χ0n) is 13.6. The quantitative estimate of drug-likeness (QED) is 0.841. The van der Waals surface area contributed by atoms with E-state index < -0.39 is 0 Å². The molecule has 128 valence electrons. The number of amides is 1. The molecule has 1 amide bonds. The van der Waals surface area contributed by atoms with E-state index in [4.69, 9.17) is 4.74 Å². The molecular weight excluding hydrogens is 310 g/mol. The summed E-state index contributed by atoms with van der Waals surface area (Å²) in [5.41, 5.74) is 0.580. The highest BCUT2D eigenvalue weighted by Gasteiger charge is 2.24. The molecule has 1 N–H and O–H groups in total. The lowest BCUT2D eigenvalue weighted by molar-refractivity contribution is -0.139. The van der Waals surface area contributed by atoms with Gasteiger partial charge in [-0.2, -0.15) is 0 Å². The van der Waals surface area contributed by atoms with Crippen molar-refractivity contribution in [3.05, 3.63) is 46.7 Å². The second-order valence-electron chi connectivity index (χ2n) is 5.88. The zero-order chi connectivity index (χ0) is 16.9. The second-order valence-corrected chi connectivity index (χ2v) is 5.88. The van der Waals surface area contributed by atoms with Gasteiger partial charge in [-0.05, 0) is 19.8 Å². The first-order valence-corrected chi connectivity index (χ1v) is 8.02. The molecule has 3 rings (SSSR count). The maximum absolute atomic E-state index is 12.4. The molecular formula is C16H21N5O3. The van der Waals surface area contributed by atoms with Gasteiger partial charge in [0.05, 0.1) is 19.0 Å². The summed E-state index contributed by atoms with van der Waals surface area (Å²) in [5.74, 6) is 0.896. The Hall–Kier alpha value is -2.48. The van der Waals surface area contributed by atoms with Gasteiger partial charge in [0.1, 0.15) is 12.4 Å². The van der Waals surface area contributed by atoms with Gasteiger partial charge < -0.3 is 19.2 Å². The standard InChI is InChI=1S/C16H21N5O3/c1-12-17-4-5-20(12)10-16(23)21-6-7-24-14(9-21)3-2-13-8-15(22)19-11-18-13/h4-5,8,11,14H,2-3,6-7,9-10H2,1H3,(H,18,19,22)/t14-/m1/s1. The number of aryl methyl sites for hydroxylation is 2. The van der Waals surface area contributed by atoms with Crippen molar-refractivity contribution in [1.29, 1.82) is 0 Å². The van der Waals surface area contributed by atoms with E-state index in [1.807, 2.05) is 22.6 Å². The Bertz CT molecular complexity index is 754. The van der Waals surface area contributed by atoms with Crippen LogP contribution in [-0.4, -0.2) is 56.1 Å². The largest absolute Gasteiger partial charge is 0.375 e. The van der Waals surface area contributed by atoms with Crippen molar-refractivity contribution in [1.82, 2.24) is 24.4 Å². The Morgan fingerprint density at radius 3 is 3.08 bits per heavy atom. The number of rotatable bonds is 5. The lowest BCUT2D eigenvalue weighted by atomic mass is 10.1. The molecule has 1 aliphatic rings. The number of nitrogens with zero attached hydrogens (tertiary/aromatic N) is 4. The minimum absolute atomic E-state index is 0.0346. The summed E-state index contributed by atoms with van der Waals surface area (Å²) in [7, 11) is 0. The first-order chi connectivity index (χ1) is 11.6. The van der Waals surface area contributed by atoms with Crippen molar-refractivity contribution in [3.8, 4) is 0 Å². The smallest absolute Gasteiger partial charge is 0.250 e. The summed E-state index contributed by atoms with van der Waals surface area (Å²) in [6.07, 6.45) is 6.25. The first-order valence-electron chi connectivity index (χ1n) is 8.02. The molecule has 8 heteroatoms. The Labute approximate surface area is 139 Å². The summed E-state index contributed by atoms with van der Waals surface area (Å²) >= 11 is 0. The van der Waals surface area contributed by atoms with Gasteiger partial charge in [-0.1, -0.05) is 0 Å². The highest BCUT2D eigenvalue weighted by Crippen LogP contribution is 2.12. The topological polar surface area (TPSA) is 93.1 Å². The first kappa shape index (κ1) is 16.4. The van der Waals surface area contributed by atoms with Gasteiger partial charge in [-0.25, -0.2) is 9.97 Å². The molecule has 2 aromatic heterocycles. The minimum Gasteiger partial charge on any atom is -0.375 e. The molecule has 8 nitrogen and oxygen atoms in total. The molecule has 24 heavy (non-hydrogen) atoms. The zero-order valence-corrected chi connectivity index (χ0v) is 13.6. The van der Waals surface area contributed by atoms with Gasteiger partial charge in [-0.3, -0.25) is 9.59 Å². The number of carbonyl (C=O) groups excluding carboxylic acids is 1. The molecule has 0 aliphatic carbocycles. The van der Waals surface area contributed by atoms with Crippen molar-refractivity contribution in [2.24, 2.45) is 0 Å². The van der Waals surface area contributed by atoms with Crippen molar-refractivity contribution in [2.75, 3.05) is 19.7 Å². The fourth-order valence-electron chi connectivity index (χ4n) is 2.79. The maximum Gasteiger partial charge on any atom is 0.250 e. The van der Waals surface area contributed by atoms with Gasteiger partial charge in [0.25, 0.3) is 5.56 Å². The van der Waals surface area contributed by atoms with E-state index in [-0.39, 0.29) is 17.6 Å². The number of aromatic nitrogens is 4. The number of nitrogens with one attached hydrogen (secondary N) is 1. The Morgan fingerprint density at radius 2 is 2.33 bits per heavy atom. The summed E-state index contributed by atoms with van der Waals surface area (Å²) in [4.78, 5) is 36.3. The molecule has 1 saturated heterocycles. The number of hydrogen-bond acceptors (Lipinski definition) is 5. The van der Waals surface area contributed by atoms with Gasteiger partial charge in [0, 0.05) is 37.2 Å². The number of H-pyrrole nitrogens is 1. The van der Waals surface area contributed by atoms with Crippen LogP contribution in [0.2, 0.25) is 0 Å². The predicted molar refractivity (Wildman–Crippen MR) is 86.5 cm³/mol. The maximum atomic E-state index is 12.4. The number of aromatic amines is 1. The minimum atomic E-state index is -0.155. The van der Waals surface area contributed by atoms with Crippen LogP contribution < -0.4 is 5.56 Å². The third-order valence-corrected chi connectivity index (χ3v) is 4.18. The number of ether oxygens (including phenoxy) is 1.